The first-order valence-corrected chi connectivity index (χ1v) is 9.79. The van der Waals surface area contributed by atoms with E-state index in [9.17, 15) is 4.79 Å². The lowest BCUT2D eigenvalue weighted by Crippen LogP contribution is -2.34. The topological polar surface area (TPSA) is 51.0 Å². The van der Waals surface area contributed by atoms with Crippen LogP contribution >= 0.6 is 12.2 Å². The van der Waals surface area contributed by atoms with Crippen LogP contribution in [-0.4, -0.2) is 21.0 Å². The predicted octanol–water partition coefficient (Wildman–Crippen LogP) is 3.99. The molecule has 1 heterocycles. The molecule has 0 spiro atoms. The molecule has 0 unspecified atom stereocenters. The molecule has 5 nitrogen and oxygen atoms in total. The molecular weight excluding hydrogens is 344 g/mol. The standard InChI is InChI=1S/C20H30N4OS/c1-5-7-11-16(6-2)14-21-20(26)22-18-15(3)23(4)24(19(18)25)17-12-9-8-10-13-17/h8-10,12-13,16H,5-7,11,14H2,1-4H3,(H2,21,22,26)/t16-/m1/s1. The van der Waals surface area contributed by atoms with Crippen molar-refractivity contribution in [2.75, 3.05) is 11.9 Å². The van der Waals surface area contributed by atoms with Gasteiger partial charge < -0.3 is 10.6 Å². The van der Waals surface area contributed by atoms with Gasteiger partial charge in [-0.25, -0.2) is 4.68 Å². The molecule has 0 aliphatic carbocycles. The molecule has 1 aromatic carbocycles. The number of nitrogens with zero attached hydrogens (tertiary/aromatic N) is 2. The minimum Gasteiger partial charge on any atom is -0.362 e. The Morgan fingerprint density at radius 3 is 2.54 bits per heavy atom. The van der Waals surface area contributed by atoms with Crippen LogP contribution in [0.25, 0.3) is 5.69 Å². The lowest BCUT2D eigenvalue weighted by molar-refractivity contribution is 0.446. The number of unbranched alkanes of at least 4 members (excludes halogenated alkanes) is 1. The number of para-hydroxylation sites is 1. The highest BCUT2D eigenvalue weighted by Crippen LogP contribution is 2.14. The average Bonchev–Trinajstić information content (AvgIpc) is 2.86. The fourth-order valence-corrected chi connectivity index (χ4v) is 3.24. The van der Waals surface area contributed by atoms with E-state index in [4.69, 9.17) is 12.2 Å². The summed E-state index contributed by atoms with van der Waals surface area (Å²) >= 11 is 5.42. The molecule has 2 rings (SSSR count). The normalized spacial score (nSPS) is 12.0. The van der Waals surface area contributed by atoms with E-state index in [0.717, 1.165) is 24.3 Å². The second kappa shape index (κ2) is 9.57. The summed E-state index contributed by atoms with van der Waals surface area (Å²) in [7, 11) is 1.88. The Morgan fingerprint density at radius 1 is 1.23 bits per heavy atom. The fraction of sp³-hybridized carbons (Fsp3) is 0.500. The highest BCUT2D eigenvalue weighted by molar-refractivity contribution is 7.80. The van der Waals surface area contributed by atoms with Crippen LogP contribution in [0.4, 0.5) is 5.69 Å². The Balaban J connectivity index is 2.10. The number of anilines is 1. The monoisotopic (exact) mass is 374 g/mol. The van der Waals surface area contributed by atoms with Crippen molar-refractivity contribution in [3.05, 3.63) is 46.4 Å². The summed E-state index contributed by atoms with van der Waals surface area (Å²) in [6.45, 7) is 7.17. The van der Waals surface area contributed by atoms with E-state index in [-0.39, 0.29) is 5.56 Å². The molecule has 1 aromatic heterocycles. The molecule has 0 radical (unpaired) electrons. The summed E-state index contributed by atoms with van der Waals surface area (Å²) < 4.78 is 3.50. The Hall–Kier alpha value is -2.08. The van der Waals surface area contributed by atoms with Crippen LogP contribution in [0.3, 0.4) is 0 Å². The maximum absolute atomic E-state index is 12.9. The van der Waals surface area contributed by atoms with Crippen LogP contribution in [-0.2, 0) is 7.05 Å². The molecule has 142 valence electrons. The number of aromatic nitrogens is 2. The Bertz CT molecular complexity index is 779. The molecule has 0 aliphatic rings. The van der Waals surface area contributed by atoms with Crippen molar-refractivity contribution in [1.82, 2.24) is 14.7 Å². The molecule has 2 N–H and O–H groups in total. The summed E-state index contributed by atoms with van der Waals surface area (Å²) in [6.07, 6.45) is 4.77. The lowest BCUT2D eigenvalue weighted by atomic mass is 9.99. The minimum atomic E-state index is -0.0987. The van der Waals surface area contributed by atoms with Gasteiger partial charge >= 0.3 is 0 Å². The predicted molar refractivity (Wildman–Crippen MR) is 113 cm³/mol. The molecule has 0 bridgehead atoms. The first-order valence-electron chi connectivity index (χ1n) is 9.38. The SMILES string of the molecule is CCCC[C@@H](CC)CNC(=S)Nc1c(C)n(C)n(-c2ccccc2)c1=O. The van der Waals surface area contributed by atoms with Crippen LogP contribution in [0.5, 0.6) is 0 Å². The number of nitrogens with one attached hydrogen (secondary N) is 2. The van der Waals surface area contributed by atoms with Gasteiger partial charge in [-0.1, -0.05) is 51.3 Å². The zero-order chi connectivity index (χ0) is 19.1. The molecule has 26 heavy (non-hydrogen) atoms. The third-order valence-electron chi connectivity index (χ3n) is 4.89. The van der Waals surface area contributed by atoms with Gasteiger partial charge in [0.25, 0.3) is 5.56 Å². The molecular formula is C20H30N4OS. The van der Waals surface area contributed by atoms with Crippen molar-refractivity contribution < 1.29 is 0 Å². The smallest absolute Gasteiger partial charge is 0.295 e. The average molecular weight is 375 g/mol. The quantitative estimate of drug-likeness (QED) is 0.686. The number of thiocarbonyl (C=S) groups is 1. The van der Waals surface area contributed by atoms with Crippen LogP contribution in [0.1, 0.15) is 45.2 Å². The summed E-state index contributed by atoms with van der Waals surface area (Å²) in [4.78, 5) is 12.9. The summed E-state index contributed by atoms with van der Waals surface area (Å²) in [5.74, 6) is 0.604. The first-order chi connectivity index (χ1) is 12.5. The van der Waals surface area contributed by atoms with Crippen molar-refractivity contribution in [2.45, 2.75) is 46.5 Å². The summed E-state index contributed by atoms with van der Waals surface area (Å²) in [6, 6.07) is 9.61. The number of hydrogen-bond acceptors (Lipinski definition) is 2. The molecule has 2 aromatic rings. The Labute approximate surface area is 161 Å². The summed E-state index contributed by atoms with van der Waals surface area (Å²) in [5.41, 5.74) is 2.11. The van der Waals surface area contributed by atoms with Crippen molar-refractivity contribution in [3.8, 4) is 5.69 Å². The van der Waals surface area contributed by atoms with Gasteiger partial charge in [0.15, 0.2) is 5.11 Å². The largest absolute Gasteiger partial charge is 0.362 e. The molecule has 0 saturated carbocycles. The Morgan fingerprint density at radius 2 is 1.92 bits per heavy atom. The lowest BCUT2D eigenvalue weighted by Gasteiger charge is -2.17. The third kappa shape index (κ3) is 4.75. The first kappa shape index (κ1) is 20.2. The zero-order valence-electron chi connectivity index (χ0n) is 16.2. The van der Waals surface area contributed by atoms with Gasteiger partial charge in [0.1, 0.15) is 5.69 Å². The second-order valence-electron chi connectivity index (χ2n) is 6.69. The van der Waals surface area contributed by atoms with Gasteiger partial charge in [0.2, 0.25) is 0 Å². The second-order valence-corrected chi connectivity index (χ2v) is 7.10. The van der Waals surface area contributed by atoms with Crippen molar-refractivity contribution in [1.29, 1.82) is 0 Å². The van der Waals surface area contributed by atoms with E-state index in [1.54, 1.807) is 4.68 Å². The van der Waals surface area contributed by atoms with Gasteiger partial charge in [0.05, 0.1) is 11.4 Å². The van der Waals surface area contributed by atoms with Crippen molar-refractivity contribution in [3.63, 3.8) is 0 Å². The van der Waals surface area contributed by atoms with Gasteiger partial charge in [-0.05, 0) is 43.6 Å². The third-order valence-corrected chi connectivity index (χ3v) is 5.13. The minimum absolute atomic E-state index is 0.0987. The van der Waals surface area contributed by atoms with E-state index in [0.29, 0.717) is 16.7 Å². The van der Waals surface area contributed by atoms with Crippen LogP contribution in [0, 0.1) is 12.8 Å². The van der Waals surface area contributed by atoms with E-state index < -0.39 is 0 Å². The van der Waals surface area contributed by atoms with Gasteiger partial charge in [-0.2, -0.15) is 0 Å². The molecule has 0 saturated heterocycles. The molecule has 0 amide bonds. The van der Waals surface area contributed by atoms with E-state index in [1.807, 2.05) is 49.0 Å². The van der Waals surface area contributed by atoms with Crippen molar-refractivity contribution in [2.24, 2.45) is 13.0 Å². The van der Waals surface area contributed by atoms with E-state index in [2.05, 4.69) is 24.5 Å². The van der Waals surface area contributed by atoms with Crippen LogP contribution in [0.15, 0.2) is 35.1 Å². The zero-order valence-corrected chi connectivity index (χ0v) is 17.0. The van der Waals surface area contributed by atoms with Gasteiger partial charge in [0, 0.05) is 13.6 Å². The van der Waals surface area contributed by atoms with Crippen LogP contribution < -0.4 is 16.2 Å². The Kier molecular flexibility index (Phi) is 7.45. The number of rotatable bonds is 8. The van der Waals surface area contributed by atoms with E-state index >= 15 is 0 Å². The van der Waals surface area contributed by atoms with Gasteiger partial charge in [-0.3, -0.25) is 9.48 Å². The summed E-state index contributed by atoms with van der Waals surface area (Å²) in [5, 5.41) is 6.89. The van der Waals surface area contributed by atoms with Crippen molar-refractivity contribution >= 4 is 23.0 Å². The maximum Gasteiger partial charge on any atom is 0.295 e. The van der Waals surface area contributed by atoms with E-state index in [1.165, 1.54) is 19.3 Å². The maximum atomic E-state index is 12.9. The molecule has 6 heteroatoms. The fourth-order valence-electron chi connectivity index (χ4n) is 3.05. The molecule has 1 atom stereocenters. The number of hydrogen-bond donors (Lipinski definition) is 2. The highest BCUT2D eigenvalue weighted by atomic mass is 32.1. The highest BCUT2D eigenvalue weighted by Gasteiger charge is 2.17. The number of benzene rings is 1. The van der Waals surface area contributed by atoms with Gasteiger partial charge in [-0.15, -0.1) is 0 Å². The molecule has 0 fully saturated rings. The molecule has 0 aliphatic heterocycles. The van der Waals surface area contributed by atoms with Crippen LogP contribution in [0.2, 0.25) is 0 Å².